The Bertz CT molecular complexity index is 649. The lowest BCUT2D eigenvalue weighted by Crippen LogP contribution is -2.01. The summed E-state index contributed by atoms with van der Waals surface area (Å²) in [7, 11) is 0. The largest absolute Gasteiger partial charge is 0.325 e. The van der Waals surface area contributed by atoms with Crippen molar-refractivity contribution in [3.05, 3.63) is 22.7 Å². The minimum atomic E-state index is 0.393. The summed E-state index contributed by atoms with van der Waals surface area (Å²) in [5.74, 6) is 0.781. The molecular weight excluding hydrogens is 240 g/mol. The van der Waals surface area contributed by atoms with E-state index in [1.54, 1.807) is 9.20 Å². The minimum absolute atomic E-state index is 0.393. The highest BCUT2D eigenvalue weighted by molar-refractivity contribution is 7.16. The van der Waals surface area contributed by atoms with Crippen molar-refractivity contribution in [2.24, 2.45) is 5.73 Å². The first-order chi connectivity index (χ1) is 8.26. The van der Waals surface area contributed by atoms with Crippen LogP contribution in [0.4, 0.5) is 0 Å². The summed E-state index contributed by atoms with van der Waals surface area (Å²) in [4.78, 5) is 0.789. The lowest BCUT2D eigenvalue weighted by Gasteiger charge is -1.93. The highest BCUT2D eigenvalue weighted by Crippen LogP contribution is 2.14. The maximum Gasteiger partial charge on any atom is 0.234 e. The van der Waals surface area contributed by atoms with Gasteiger partial charge in [-0.2, -0.15) is 9.61 Å². The Morgan fingerprint density at radius 3 is 2.94 bits per heavy atom. The van der Waals surface area contributed by atoms with Gasteiger partial charge in [0.25, 0.3) is 0 Å². The van der Waals surface area contributed by atoms with E-state index in [0.29, 0.717) is 13.1 Å². The Balaban J connectivity index is 1.88. The van der Waals surface area contributed by atoms with Gasteiger partial charge in [0.05, 0.1) is 18.4 Å². The van der Waals surface area contributed by atoms with Gasteiger partial charge in [0, 0.05) is 6.54 Å². The molecule has 0 saturated heterocycles. The molecule has 17 heavy (non-hydrogen) atoms. The number of nitrogens with zero attached hydrogens (tertiary/aromatic N) is 7. The van der Waals surface area contributed by atoms with Gasteiger partial charge in [-0.05, 0) is 6.92 Å². The molecule has 0 aromatic carbocycles. The minimum Gasteiger partial charge on any atom is -0.325 e. The second kappa shape index (κ2) is 3.86. The van der Waals surface area contributed by atoms with E-state index < -0.39 is 0 Å². The number of aromatic nitrogens is 7. The van der Waals surface area contributed by atoms with Gasteiger partial charge >= 0.3 is 0 Å². The Morgan fingerprint density at radius 2 is 2.24 bits per heavy atom. The predicted octanol–water partition coefficient (Wildman–Crippen LogP) is -0.407. The highest BCUT2D eigenvalue weighted by Gasteiger charge is 2.09. The first kappa shape index (κ1) is 10.3. The average Bonchev–Trinajstić information content (AvgIpc) is 2.98. The second-order valence-electron chi connectivity index (χ2n) is 3.55. The lowest BCUT2D eigenvalue weighted by atomic mass is 10.5. The fraction of sp³-hybridized carbons (Fsp3) is 0.375. The van der Waals surface area contributed by atoms with Gasteiger partial charge < -0.3 is 5.73 Å². The molecule has 0 bridgehead atoms. The zero-order valence-corrected chi connectivity index (χ0v) is 9.92. The second-order valence-corrected chi connectivity index (χ2v) is 4.59. The Kier molecular flexibility index (Phi) is 2.34. The van der Waals surface area contributed by atoms with Crippen LogP contribution in [0.2, 0.25) is 0 Å². The standard InChI is InChI=1S/C8H10N8S/c1-5-10-12-8-16(5)13-7(17-8)4-15-3-6(2-9)11-14-15/h3H,2,4,9H2,1H3. The van der Waals surface area contributed by atoms with Crippen LogP contribution < -0.4 is 5.73 Å². The molecule has 3 aromatic rings. The van der Waals surface area contributed by atoms with Crippen LogP contribution in [0.15, 0.2) is 6.20 Å². The number of hydrogen-bond donors (Lipinski definition) is 1. The number of hydrogen-bond acceptors (Lipinski definition) is 7. The van der Waals surface area contributed by atoms with Crippen molar-refractivity contribution in [1.82, 2.24) is 34.8 Å². The van der Waals surface area contributed by atoms with Gasteiger partial charge in [0.2, 0.25) is 4.96 Å². The smallest absolute Gasteiger partial charge is 0.234 e. The fourth-order valence-corrected chi connectivity index (χ4v) is 2.34. The highest BCUT2D eigenvalue weighted by atomic mass is 32.1. The SMILES string of the molecule is Cc1nnc2sc(Cn3cc(CN)nn3)nn12. The third-order valence-corrected chi connectivity index (χ3v) is 3.16. The molecule has 0 fully saturated rings. The van der Waals surface area contributed by atoms with Gasteiger partial charge in [0.1, 0.15) is 5.01 Å². The van der Waals surface area contributed by atoms with E-state index >= 15 is 0 Å². The van der Waals surface area contributed by atoms with E-state index in [0.717, 1.165) is 21.5 Å². The molecule has 0 unspecified atom stereocenters. The van der Waals surface area contributed by atoms with E-state index in [-0.39, 0.29) is 0 Å². The van der Waals surface area contributed by atoms with Crippen LogP contribution in [0, 0.1) is 6.92 Å². The maximum atomic E-state index is 5.47. The van der Waals surface area contributed by atoms with E-state index in [1.807, 2.05) is 13.1 Å². The maximum absolute atomic E-state index is 5.47. The van der Waals surface area contributed by atoms with Crippen molar-refractivity contribution in [3.63, 3.8) is 0 Å². The molecule has 3 rings (SSSR count). The summed E-state index contributed by atoms with van der Waals surface area (Å²) in [5, 5.41) is 21.1. The third-order valence-electron chi connectivity index (χ3n) is 2.28. The van der Waals surface area contributed by atoms with Gasteiger partial charge in [-0.1, -0.05) is 16.6 Å². The van der Waals surface area contributed by atoms with Crippen LogP contribution in [0.25, 0.3) is 4.96 Å². The summed E-state index contributed by atoms with van der Waals surface area (Å²) < 4.78 is 3.43. The van der Waals surface area contributed by atoms with Gasteiger partial charge in [-0.25, -0.2) is 4.68 Å². The molecule has 0 aliphatic carbocycles. The van der Waals surface area contributed by atoms with E-state index in [2.05, 4.69) is 25.6 Å². The lowest BCUT2D eigenvalue weighted by molar-refractivity contribution is 0.638. The Morgan fingerprint density at radius 1 is 1.35 bits per heavy atom. The molecule has 0 saturated carbocycles. The molecule has 0 radical (unpaired) electrons. The predicted molar refractivity (Wildman–Crippen MR) is 60.4 cm³/mol. The van der Waals surface area contributed by atoms with Crippen molar-refractivity contribution in [2.75, 3.05) is 0 Å². The van der Waals surface area contributed by atoms with Crippen molar-refractivity contribution in [1.29, 1.82) is 0 Å². The fourth-order valence-electron chi connectivity index (χ4n) is 1.47. The van der Waals surface area contributed by atoms with Crippen molar-refractivity contribution in [2.45, 2.75) is 20.0 Å². The molecular formula is C8H10N8S. The molecule has 3 heterocycles. The van der Waals surface area contributed by atoms with Gasteiger partial charge in [-0.15, -0.1) is 15.3 Å². The molecule has 88 valence electrons. The molecule has 0 spiro atoms. The molecule has 3 aromatic heterocycles. The topological polar surface area (TPSA) is 99.8 Å². The Labute approximate surface area is 100 Å². The summed E-state index contributed by atoms with van der Waals surface area (Å²) in [6.45, 7) is 2.83. The molecule has 9 heteroatoms. The van der Waals surface area contributed by atoms with Crippen LogP contribution in [0.1, 0.15) is 16.5 Å². The zero-order chi connectivity index (χ0) is 11.8. The Hall–Kier alpha value is -1.87. The van der Waals surface area contributed by atoms with Crippen LogP contribution >= 0.6 is 11.3 Å². The summed E-state index contributed by atoms with van der Waals surface area (Å²) >= 11 is 1.49. The molecule has 8 nitrogen and oxygen atoms in total. The summed E-state index contributed by atoms with van der Waals surface area (Å²) in [6.07, 6.45) is 1.81. The van der Waals surface area contributed by atoms with Crippen LogP contribution in [0.3, 0.4) is 0 Å². The number of nitrogens with two attached hydrogens (primary N) is 1. The summed E-state index contributed by atoms with van der Waals surface area (Å²) in [5.41, 5.74) is 6.24. The average molecular weight is 250 g/mol. The van der Waals surface area contributed by atoms with E-state index in [4.69, 9.17) is 5.73 Å². The quantitative estimate of drug-likeness (QED) is 0.678. The molecule has 0 atom stereocenters. The molecule has 0 amide bonds. The molecule has 2 N–H and O–H groups in total. The van der Waals surface area contributed by atoms with E-state index in [9.17, 15) is 0 Å². The summed E-state index contributed by atoms with van der Waals surface area (Å²) in [6, 6.07) is 0. The molecule has 0 aliphatic rings. The van der Waals surface area contributed by atoms with Crippen molar-refractivity contribution in [3.8, 4) is 0 Å². The van der Waals surface area contributed by atoms with Crippen molar-refractivity contribution < 1.29 is 0 Å². The molecule has 0 aliphatic heterocycles. The van der Waals surface area contributed by atoms with E-state index in [1.165, 1.54) is 11.3 Å². The zero-order valence-electron chi connectivity index (χ0n) is 9.11. The van der Waals surface area contributed by atoms with Crippen LogP contribution in [0.5, 0.6) is 0 Å². The number of aryl methyl sites for hydroxylation is 1. The van der Waals surface area contributed by atoms with Crippen molar-refractivity contribution >= 4 is 16.3 Å². The normalized spacial score (nSPS) is 11.4. The first-order valence-electron chi connectivity index (χ1n) is 5.03. The monoisotopic (exact) mass is 250 g/mol. The number of fused-ring (bicyclic) bond motifs is 1. The van der Waals surface area contributed by atoms with Gasteiger partial charge in [0.15, 0.2) is 5.82 Å². The first-order valence-corrected chi connectivity index (χ1v) is 5.84. The van der Waals surface area contributed by atoms with Crippen LogP contribution in [-0.2, 0) is 13.1 Å². The number of rotatable bonds is 3. The van der Waals surface area contributed by atoms with Gasteiger partial charge in [-0.3, -0.25) is 0 Å². The van der Waals surface area contributed by atoms with Crippen LogP contribution in [-0.4, -0.2) is 34.8 Å². The third kappa shape index (κ3) is 1.78.